The SMILES string of the molecule is CCNC(=NCc1ccc(C(=O)N(C)C)cc1)NCCSCc1ccc(C)cc1.I. The Balaban J connectivity index is 0.00000450. The van der Waals surface area contributed by atoms with E-state index in [2.05, 4.69) is 53.7 Å². The molecule has 2 N–H and O–H groups in total. The number of aliphatic imine (C=N–C) groups is 1. The maximum Gasteiger partial charge on any atom is 0.253 e. The van der Waals surface area contributed by atoms with Crippen molar-refractivity contribution in [3.05, 3.63) is 70.8 Å². The Morgan fingerprint density at radius 3 is 2.23 bits per heavy atom. The number of thioether (sulfide) groups is 1. The van der Waals surface area contributed by atoms with Crippen LogP contribution >= 0.6 is 35.7 Å². The third-order valence-corrected chi connectivity index (χ3v) is 5.33. The van der Waals surface area contributed by atoms with Crippen molar-refractivity contribution in [1.82, 2.24) is 15.5 Å². The Morgan fingerprint density at radius 1 is 1.00 bits per heavy atom. The highest BCUT2D eigenvalue weighted by atomic mass is 127. The van der Waals surface area contributed by atoms with Gasteiger partial charge in [0.25, 0.3) is 5.91 Å². The van der Waals surface area contributed by atoms with E-state index in [1.165, 1.54) is 11.1 Å². The average Bonchev–Trinajstić information content (AvgIpc) is 2.72. The Morgan fingerprint density at radius 2 is 1.63 bits per heavy atom. The number of nitrogens with one attached hydrogen (secondary N) is 2. The second-order valence-corrected chi connectivity index (χ2v) is 8.16. The molecule has 0 saturated carbocycles. The number of aryl methyl sites for hydroxylation is 1. The normalized spacial score (nSPS) is 10.9. The minimum atomic E-state index is 0. The summed E-state index contributed by atoms with van der Waals surface area (Å²) < 4.78 is 0. The second kappa shape index (κ2) is 14.3. The van der Waals surface area contributed by atoms with Crippen LogP contribution in [0.2, 0.25) is 0 Å². The molecule has 0 aliphatic heterocycles. The Bertz CT molecular complexity index is 792. The van der Waals surface area contributed by atoms with E-state index >= 15 is 0 Å². The van der Waals surface area contributed by atoms with Crippen molar-refractivity contribution in [2.45, 2.75) is 26.1 Å². The number of hydrogen-bond donors (Lipinski definition) is 2. The van der Waals surface area contributed by atoms with Gasteiger partial charge in [-0.1, -0.05) is 42.0 Å². The molecular formula is C23H33IN4OS. The number of benzene rings is 2. The van der Waals surface area contributed by atoms with Gasteiger partial charge >= 0.3 is 0 Å². The van der Waals surface area contributed by atoms with Crippen LogP contribution in [-0.2, 0) is 12.3 Å². The van der Waals surface area contributed by atoms with Crippen LogP contribution in [0.5, 0.6) is 0 Å². The molecular weight excluding hydrogens is 507 g/mol. The first-order valence-electron chi connectivity index (χ1n) is 9.95. The molecule has 1 amide bonds. The highest BCUT2D eigenvalue weighted by molar-refractivity contribution is 14.0. The molecule has 0 bridgehead atoms. The van der Waals surface area contributed by atoms with Crippen LogP contribution in [0.25, 0.3) is 0 Å². The molecule has 0 fully saturated rings. The second-order valence-electron chi connectivity index (χ2n) is 7.06. The van der Waals surface area contributed by atoms with Crippen molar-refractivity contribution in [1.29, 1.82) is 0 Å². The van der Waals surface area contributed by atoms with Crippen LogP contribution < -0.4 is 10.6 Å². The molecule has 0 aromatic heterocycles. The first kappa shape index (κ1) is 26.3. The smallest absolute Gasteiger partial charge is 0.253 e. The molecule has 2 aromatic carbocycles. The zero-order valence-corrected chi connectivity index (χ0v) is 21.4. The average molecular weight is 541 g/mol. The van der Waals surface area contributed by atoms with Gasteiger partial charge in [-0.3, -0.25) is 4.79 Å². The van der Waals surface area contributed by atoms with Crippen molar-refractivity contribution in [3.63, 3.8) is 0 Å². The minimum absolute atomic E-state index is 0. The number of amides is 1. The van der Waals surface area contributed by atoms with E-state index in [4.69, 9.17) is 0 Å². The zero-order valence-electron chi connectivity index (χ0n) is 18.3. The topological polar surface area (TPSA) is 56.7 Å². The fourth-order valence-electron chi connectivity index (χ4n) is 2.64. The molecule has 0 radical (unpaired) electrons. The Hall–Kier alpha value is -1.74. The lowest BCUT2D eigenvalue weighted by atomic mass is 10.1. The molecule has 0 heterocycles. The number of carbonyl (C=O) groups excluding carboxylic acids is 1. The van der Waals surface area contributed by atoms with Crippen molar-refractivity contribution in [2.24, 2.45) is 4.99 Å². The summed E-state index contributed by atoms with van der Waals surface area (Å²) in [6.07, 6.45) is 0. The zero-order chi connectivity index (χ0) is 21.1. The highest BCUT2D eigenvalue weighted by Gasteiger charge is 2.07. The van der Waals surface area contributed by atoms with Crippen LogP contribution in [0, 0.1) is 6.92 Å². The van der Waals surface area contributed by atoms with Crippen LogP contribution in [0.3, 0.4) is 0 Å². The van der Waals surface area contributed by atoms with Crippen molar-refractivity contribution in [3.8, 4) is 0 Å². The van der Waals surface area contributed by atoms with E-state index in [1.807, 2.05) is 36.0 Å². The van der Waals surface area contributed by atoms with E-state index < -0.39 is 0 Å². The first-order valence-corrected chi connectivity index (χ1v) is 11.1. The number of guanidine groups is 1. The van der Waals surface area contributed by atoms with Crippen molar-refractivity contribution < 1.29 is 4.79 Å². The first-order chi connectivity index (χ1) is 14.0. The Kier molecular flexibility index (Phi) is 12.5. The molecule has 5 nitrogen and oxygen atoms in total. The van der Waals surface area contributed by atoms with Gasteiger partial charge in [-0.2, -0.15) is 11.8 Å². The van der Waals surface area contributed by atoms with Crippen LogP contribution in [0.15, 0.2) is 53.5 Å². The molecule has 164 valence electrons. The quantitative estimate of drug-likeness (QED) is 0.216. The number of nitrogens with zero attached hydrogens (tertiary/aromatic N) is 2. The van der Waals surface area contributed by atoms with Gasteiger partial charge in [0, 0.05) is 44.3 Å². The molecule has 7 heteroatoms. The van der Waals surface area contributed by atoms with Gasteiger partial charge in [0.1, 0.15) is 0 Å². The number of halogens is 1. The number of hydrogen-bond acceptors (Lipinski definition) is 3. The van der Waals surface area contributed by atoms with Gasteiger partial charge in [0.2, 0.25) is 0 Å². The lowest BCUT2D eigenvalue weighted by molar-refractivity contribution is 0.0827. The van der Waals surface area contributed by atoms with Gasteiger partial charge in [-0.25, -0.2) is 4.99 Å². The summed E-state index contributed by atoms with van der Waals surface area (Å²) >= 11 is 1.91. The summed E-state index contributed by atoms with van der Waals surface area (Å²) in [5, 5.41) is 6.67. The summed E-state index contributed by atoms with van der Waals surface area (Å²) in [5.41, 5.74) is 4.42. The predicted octanol–water partition coefficient (Wildman–Crippen LogP) is 4.30. The van der Waals surface area contributed by atoms with Gasteiger partial charge in [0.15, 0.2) is 5.96 Å². The van der Waals surface area contributed by atoms with E-state index in [9.17, 15) is 4.79 Å². The third kappa shape index (κ3) is 9.38. The summed E-state index contributed by atoms with van der Waals surface area (Å²) in [4.78, 5) is 18.2. The van der Waals surface area contributed by atoms with E-state index in [-0.39, 0.29) is 29.9 Å². The molecule has 0 saturated heterocycles. The van der Waals surface area contributed by atoms with Gasteiger partial charge < -0.3 is 15.5 Å². The molecule has 0 aliphatic rings. The van der Waals surface area contributed by atoms with E-state index in [0.717, 1.165) is 36.1 Å². The molecule has 0 atom stereocenters. The maximum absolute atomic E-state index is 12.0. The van der Waals surface area contributed by atoms with Crippen LogP contribution in [0.1, 0.15) is 34.0 Å². The molecule has 2 rings (SSSR count). The molecule has 30 heavy (non-hydrogen) atoms. The number of carbonyl (C=O) groups is 1. The summed E-state index contributed by atoms with van der Waals surface area (Å²) in [6, 6.07) is 16.3. The third-order valence-electron chi connectivity index (χ3n) is 4.30. The van der Waals surface area contributed by atoms with Crippen molar-refractivity contribution in [2.75, 3.05) is 32.9 Å². The number of rotatable bonds is 9. The lowest BCUT2D eigenvalue weighted by Crippen LogP contribution is -2.38. The predicted molar refractivity (Wildman–Crippen MR) is 140 cm³/mol. The minimum Gasteiger partial charge on any atom is -0.357 e. The van der Waals surface area contributed by atoms with Crippen LogP contribution in [0.4, 0.5) is 0 Å². The Labute approximate surface area is 202 Å². The van der Waals surface area contributed by atoms with Crippen LogP contribution in [-0.4, -0.2) is 49.7 Å². The molecule has 0 spiro atoms. The monoisotopic (exact) mass is 540 g/mol. The summed E-state index contributed by atoms with van der Waals surface area (Å²) in [7, 11) is 3.52. The van der Waals surface area contributed by atoms with Gasteiger partial charge in [0.05, 0.1) is 6.54 Å². The van der Waals surface area contributed by atoms with Crippen molar-refractivity contribution >= 4 is 47.6 Å². The lowest BCUT2D eigenvalue weighted by Gasteiger charge is -2.12. The fourth-order valence-corrected chi connectivity index (χ4v) is 3.46. The van der Waals surface area contributed by atoms with E-state index in [0.29, 0.717) is 12.1 Å². The molecule has 2 aromatic rings. The van der Waals surface area contributed by atoms with E-state index in [1.54, 1.807) is 19.0 Å². The fraction of sp³-hybridized carbons (Fsp3) is 0.391. The standard InChI is InChI=1S/C23H32N4OS.HI/c1-5-24-23(25-14-15-29-17-20-8-6-18(2)7-9-20)26-16-19-10-12-21(13-11-19)22(28)27(3)4;/h6-13H,5,14-17H2,1-4H3,(H2,24,25,26);1H. The molecule has 0 unspecified atom stereocenters. The summed E-state index contributed by atoms with van der Waals surface area (Å²) in [5.74, 6) is 2.86. The van der Waals surface area contributed by atoms with Gasteiger partial charge in [-0.15, -0.1) is 24.0 Å². The maximum atomic E-state index is 12.0. The summed E-state index contributed by atoms with van der Waals surface area (Å²) in [6.45, 7) is 6.42. The molecule has 0 aliphatic carbocycles. The largest absolute Gasteiger partial charge is 0.357 e. The van der Waals surface area contributed by atoms with Gasteiger partial charge in [-0.05, 0) is 37.1 Å². The highest BCUT2D eigenvalue weighted by Crippen LogP contribution is 2.12.